The maximum absolute atomic E-state index is 2.70. The van der Waals surface area contributed by atoms with Crippen molar-refractivity contribution in [3.05, 3.63) is 60.2 Å². The highest BCUT2D eigenvalue weighted by molar-refractivity contribution is 5.63. The predicted octanol–water partition coefficient (Wildman–Crippen LogP) is 3.63. The molecule has 2 aromatic rings. The number of nitrogens with zero attached hydrogens (tertiary/aromatic N) is 2. The van der Waals surface area contributed by atoms with Crippen LogP contribution >= 0.6 is 0 Å². The highest BCUT2D eigenvalue weighted by Gasteiger charge is 2.28. The van der Waals surface area contributed by atoms with E-state index in [4.69, 9.17) is 0 Å². The van der Waals surface area contributed by atoms with Crippen molar-refractivity contribution in [3.63, 3.8) is 0 Å². The highest BCUT2D eigenvalue weighted by atomic mass is 15.3. The van der Waals surface area contributed by atoms with Crippen LogP contribution in [0.5, 0.6) is 0 Å². The fraction of sp³-hybridized carbons (Fsp3) is 0.400. The van der Waals surface area contributed by atoms with E-state index in [-0.39, 0.29) is 0 Å². The zero-order valence-corrected chi connectivity index (χ0v) is 13.1. The Morgan fingerprint density at radius 2 is 1.41 bits per heavy atom. The van der Waals surface area contributed by atoms with Crippen LogP contribution in [-0.4, -0.2) is 42.0 Å². The third kappa shape index (κ3) is 2.94. The van der Waals surface area contributed by atoms with Crippen molar-refractivity contribution in [3.8, 4) is 11.1 Å². The molecule has 3 aliphatic heterocycles. The summed E-state index contributed by atoms with van der Waals surface area (Å²) in [7, 11) is 0. The second kappa shape index (κ2) is 6.23. The number of fused-ring (bicyclic) bond motifs is 4. The molecule has 114 valence electrons. The van der Waals surface area contributed by atoms with Crippen molar-refractivity contribution in [2.45, 2.75) is 25.4 Å². The Labute approximate surface area is 133 Å². The van der Waals surface area contributed by atoms with Gasteiger partial charge < -0.3 is 4.90 Å². The smallest absolute Gasteiger partial charge is 0.0237 e. The molecule has 0 radical (unpaired) electrons. The molecule has 0 amide bonds. The van der Waals surface area contributed by atoms with Crippen LogP contribution in [-0.2, 0) is 6.54 Å². The second-order valence-electron chi connectivity index (χ2n) is 6.61. The first-order chi connectivity index (χ1) is 10.9. The molecule has 0 unspecified atom stereocenters. The van der Waals surface area contributed by atoms with Gasteiger partial charge in [-0.05, 0) is 42.6 Å². The van der Waals surface area contributed by atoms with Gasteiger partial charge in [0.25, 0.3) is 0 Å². The van der Waals surface area contributed by atoms with Gasteiger partial charge in [0.05, 0.1) is 0 Å². The first kappa shape index (κ1) is 14.0. The number of hydrogen-bond acceptors (Lipinski definition) is 2. The normalized spacial score (nSPS) is 25.1. The van der Waals surface area contributed by atoms with Gasteiger partial charge in [-0.3, -0.25) is 4.90 Å². The maximum Gasteiger partial charge on any atom is 0.0237 e. The van der Waals surface area contributed by atoms with Crippen LogP contribution in [0, 0.1) is 0 Å². The van der Waals surface area contributed by atoms with E-state index < -0.39 is 0 Å². The summed E-state index contributed by atoms with van der Waals surface area (Å²) in [6.07, 6.45) is 2.70. The van der Waals surface area contributed by atoms with Crippen molar-refractivity contribution in [1.29, 1.82) is 0 Å². The van der Waals surface area contributed by atoms with E-state index in [1.807, 2.05) is 0 Å². The molecule has 2 nitrogen and oxygen atoms in total. The van der Waals surface area contributed by atoms with Gasteiger partial charge in [0, 0.05) is 25.7 Å². The summed E-state index contributed by atoms with van der Waals surface area (Å²) in [5, 5.41) is 0. The lowest BCUT2D eigenvalue weighted by molar-refractivity contribution is 0.176. The monoisotopic (exact) mass is 292 g/mol. The van der Waals surface area contributed by atoms with Crippen LogP contribution in [0.2, 0.25) is 0 Å². The van der Waals surface area contributed by atoms with Gasteiger partial charge in [-0.1, -0.05) is 54.6 Å². The van der Waals surface area contributed by atoms with Crippen LogP contribution in [0.3, 0.4) is 0 Å². The summed E-state index contributed by atoms with van der Waals surface area (Å²) in [4.78, 5) is 5.32. The van der Waals surface area contributed by atoms with Gasteiger partial charge in [-0.2, -0.15) is 0 Å². The van der Waals surface area contributed by atoms with Gasteiger partial charge in [0.2, 0.25) is 0 Å². The van der Waals surface area contributed by atoms with Crippen molar-refractivity contribution in [2.75, 3.05) is 26.2 Å². The molecule has 0 N–H and O–H groups in total. The lowest BCUT2D eigenvalue weighted by Crippen LogP contribution is -2.37. The third-order valence-electron chi connectivity index (χ3n) is 5.22. The van der Waals surface area contributed by atoms with Gasteiger partial charge in [0.1, 0.15) is 0 Å². The fourth-order valence-electron chi connectivity index (χ4n) is 3.84. The summed E-state index contributed by atoms with van der Waals surface area (Å²) in [6, 6.07) is 20.6. The Kier molecular flexibility index (Phi) is 3.96. The summed E-state index contributed by atoms with van der Waals surface area (Å²) in [5.41, 5.74) is 4.06. The molecule has 0 spiro atoms. The Balaban J connectivity index is 1.47. The standard InChI is InChI=1S/C20H24N2/c1-2-4-18(5-3-1)19-8-6-17(7-9-19)16-22-15-14-21-12-10-20(22)11-13-21/h1-9,20H,10-16H2. The zero-order chi connectivity index (χ0) is 14.8. The summed E-state index contributed by atoms with van der Waals surface area (Å²) < 4.78 is 0. The molecule has 3 heterocycles. The van der Waals surface area contributed by atoms with E-state index in [0.29, 0.717) is 0 Å². The molecule has 3 saturated heterocycles. The zero-order valence-electron chi connectivity index (χ0n) is 13.1. The first-order valence-electron chi connectivity index (χ1n) is 8.49. The van der Waals surface area contributed by atoms with Crippen LogP contribution in [0.25, 0.3) is 11.1 Å². The Morgan fingerprint density at radius 3 is 2.14 bits per heavy atom. The van der Waals surface area contributed by atoms with E-state index in [9.17, 15) is 0 Å². The van der Waals surface area contributed by atoms with Crippen LogP contribution in [0.4, 0.5) is 0 Å². The minimum atomic E-state index is 0.799. The number of hydrogen-bond donors (Lipinski definition) is 0. The van der Waals surface area contributed by atoms with E-state index in [1.54, 1.807) is 0 Å². The topological polar surface area (TPSA) is 6.48 Å². The Morgan fingerprint density at radius 1 is 0.727 bits per heavy atom. The van der Waals surface area contributed by atoms with E-state index in [1.165, 1.54) is 55.7 Å². The molecule has 0 atom stereocenters. The highest BCUT2D eigenvalue weighted by Crippen LogP contribution is 2.24. The molecule has 2 heteroatoms. The van der Waals surface area contributed by atoms with Crippen molar-refractivity contribution in [1.82, 2.24) is 9.80 Å². The van der Waals surface area contributed by atoms with E-state index in [0.717, 1.165) is 12.6 Å². The first-order valence-corrected chi connectivity index (χ1v) is 8.49. The maximum atomic E-state index is 2.70. The predicted molar refractivity (Wildman–Crippen MR) is 91.8 cm³/mol. The molecular formula is C20H24N2. The summed E-state index contributed by atoms with van der Waals surface area (Å²) in [5.74, 6) is 0. The van der Waals surface area contributed by atoms with E-state index >= 15 is 0 Å². The fourth-order valence-corrected chi connectivity index (χ4v) is 3.84. The van der Waals surface area contributed by atoms with Crippen LogP contribution in [0.15, 0.2) is 54.6 Å². The third-order valence-corrected chi connectivity index (χ3v) is 5.22. The van der Waals surface area contributed by atoms with Crippen molar-refractivity contribution in [2.24, 2.45) is 0 Å². The van der Waals surface area contributed by atoms with Gasteiger partial charge in [0.15, 0.2) is 0 Å². The largest absolute Gasteiger partial charge is 0.302 e. The molecule has 2 bridgehead atoms. The lowest BCUT2D eigenvalue weighted by atomic mass is 10.0. The number of benzene rings is 2. The van der Waals surface area contributed by atoms with E-state index in [2.05, 4.69) is 64.4 Å². The molecular weight excluding hydrogens is 268 g/mol. The number of piperidine rings is 1. The minimum Gasteiger partial charge on any atom is -0.302 e. The molecule has 0 aromatic heterocycles. The Hall–Kier alpha value is -1.64. The molecule has 3 aliphatic rings. The van der Waals surface area contributed by atoms with Crippen molar-refractivity contribution < 1.29 is 0 Å². The van der Waals surface area contributed by atoms with Crippen LogP contribution < -0.4 is 0 Å². The lowest BCUT2D eigenvalue weighted by Gasteiger charge is -2.31. The second-order valence-corrected chi connectivity index (χ2v) is 6.61. The molecule has 0 saturated carbocycles. The minimum absolute atomic E-state index is 0.799. The van der Waals surface area contributed by atoms with Gasteiger partial charge >= 0.3 is 0 Å². The molecule has 3 fully saturated rings. The van der Waals surface area contributed by atoms with Gasteiger partial charge in [-0.25, -0.2) is 0 Å². The quantitative estimate of drug-likeness (QED) is 0.852. The molecule has 5 rings (SSSR count). The molecule has 2 aromatic carbocycles. The summed E-state index contributed by atoms with van der Waals surface area (Å²) >= 11 is 0. The number of rotatable bonds is 3. The molecule has 22 heavy (non-hydrogen) atoms. The van der Waals surface area contributed by atoms with Crippen molar-refractivity contribution >= 4 is 0 Å². The SMILES string of the molecule is c1ccc(-c2ccc(CN3CCN4CCC3CC4)cc2)cc1. The average molecular weight is 292 g/mol. The average Bonchev–Trinajstić information content (AvgIpc) is 2.90. The summed E-state index contributed by atoms with van der Waals surface area (Å²) in [6.45, 7) is 6.18. The van der Waals surface area contributed by atoms with Crippen LogP contribution in [0.1, 0.15) is 18.4 Å². The Bertz CT molecular complexity index is 597. The van der Waals surface area contributed by atoms with Gasteiger partial charge in [-0.15, -0.1) is 0 Å². The molecule has 0 aliphatic carbocycles.